The molecule has 7 nitrogen and oxygen atoms in total. The summed E-state index contributed by atoms with van der Waals surface area (Å²) in [6.07, 6.45) is 10.5. The molecule has 136 valence electrons. The van der Waals surface area contributed by atoms with Crippen molar-refractivity contribution >= 4 is 11.8 Å². The number of carbonyl (C=O) groups is 2. The van der Waals surface area contributed by atoms with E-state index < -0.39 is 0 Å². The molecule has 1 N–H and O–H groups in total. The van der Waals surface area contributed by atoms with Crippen molar-refractivity contribution in [3.63, 3.8) is 0 Å². The second kappa shape index (κ2) is 6.90. The van der Waals surface area contributed by atoms with Crippen LogP contribution in [0.5, 0.6) is 0 Å². The molecule has 3 heterocycles. The zero-order valence-corrected chi connectivity index (χ0v) is 14.8. The van der Waals surface area contributed by atoms with E-state index in [1.54, 1.807) is 24.9 Å². The zero-order valence-electron chi connectivity index (χ0n) is 14.8. The lowest BCUT2D eigenvalue weighted by Gasteiger charge is -2.28. The van der Waals surface area contributed by atoms with Gasteiger partial charge in [-0.1, -0.05) is 6.07 Å². The van der Waals surface area contributed by atoms with Crippen molar-refractivity contribution < 1.29 is 9.59 Å². The maximum absolute atomic E-state index is 12.6. The Morgan fingerprint density at radius 3 is 2.81 bits per heavy atom. The molecule has 0 unspecified atom stereocenters. The maximum Gasteiger partial charge on any atom is 0.225 e. The van der Waals surface area contributed by atoms with E-state index in [2.05, 4.69) is 15.3 Å². The van der Waals surface area contributed by atoms with Gasteiger partial charge < -0.3 is 14.8 Å². The number of carbonyl (C=O) groups excluding carboxylic acids is 2. The van der Waals surface area contributed by atoms with Crippen molar-refractivity contribution in [2.75, 3.05) is 0 Å². The van der Waals surface area contributed by atoms with Gasteiger partial charge in [0.2, 0.25) is 11.8 Å². The van der Waals surface area contributed by atoms with Crippen LogP contribution in [-0.2, 0) is 23.1 Å². The molecular weight excluding hydrogens is 330 g/mol. The van der Waals surface area contributed by atoms with Gasteiger partial charge in [0.15, 0.2) is 0 Å². The van der Waals surface area contributed by atoms with Gasteiger partial charge >= 0.3 is 0 Å². The molecule has 1 saturated carbocycles. The lowest BCUT2D eigenvalue weighted by atomic mass is 10.0. The summed E-state index contributed by atoms with van der Waals surface area (Å²) in [6.45, 7) is 0. The molecule has 1 saturated heterocycles. The Bertz CT molecular complexity index is 799. The van der Waals surface area contributed by atoms with Gasteiger partial charge in [0, 0.05) is 50.2 Å². The third-order valence-electron chi connectivity index (χ3n) is 5.20. The predicted molar refractivity (Wildman–Crippen MR) is 94.9 cm³/mol. The van der Waals surface area contributed by atoms with Crippen molar-refractivity contribution in [3.8, 4) is 0 Å². The Labute approximate surface area is 152 Å². The number of nitrogens with zero attached hydrogens (tertiary/aromatic N) is 4. The molecule has 0 aromatic carbocycles. The highest BCUT2D eigenvalue weighted by Crippen LogP contribution is 2.41. The van der Waals surface area contributed by atoms with Crippen molar-refractivity contribution in [2.24, 2.45) is 7.05 Å². The van der Waals surface area contributed by atoms with Gasteiger partial charge in [-0.25, -0.2) is 4.98 Å². The number of aromatic nitrogens is 3. The summed E-state index contributed by atoms with van der Waals surface area (Å²) in [7, 11) is 1.92. The molecule has 26 heavy (non-hydrogen) atoms. The smallest absolute Gasteiger partial charge is 0.225 e. The molecule has 1 aliphatic carbocycles. The number of imidazole rings is 1. The standard InChI is InChI=1S/C19H23N5O2/c1-23-12-21-11-15(23)6-7-17(25)22-16-9-18(26)24(14-4-5-14)19(16)13-3-2-8-20-10-13/h2-3,8,10-12,14,16,19H,4-7,9H2,1H3,(H,22,25)/t16-,19+/m1/s1. The van der Waals surface area contributed by atoms with E-state index in [1.165, 1.54) is 0 Å². The first-order chi connectivity index (χ1) is 12.6. The van der Waals surface area contributed by atoms with Gasteiger partial charge in [-0.15, -0.1) is 0 Å². The molecule has 2 aromatic heterocycles. The average Bonchev–Trinajstić information content (AvgIpc) is 3.31. The molecule has 4 rings (SSSR count). The van der Waals surface area contributed by atoms with Crippen LogP contribution < -0.4 is 5.32 Å². The number of rotatable bonds is 6. The fourth-order valence-corrected chi connectivity index (χ4v) is 3.76. The molecule has 2 atom stereocenters. The van der Waals surface area contributed by atoms with E-state index in [9.17, 15) is 9.59 Å². The van der Waals surface area contributed by atoms with Gasteiger partial charge in [-0.2, -0.15) is 0 Å². The maximum atomic E-state index is 12.6. The SMILES string of the molecule is Cn1cncc1CCC(=O)N[C@@H]1CC(=O)N(C2CC2)[C@H]1c1cccnc1. The van der Waals surface area contributed by atoms with Gasteiger partial charge in [0.05, 0.1) is 18.4 Å². The highest BCUT2D eigenvalue weighted by atomic mass is 16.2. The van der Waals surface area contributed by atoms with E-state index in [0.29, 0.717) is 25.3 Å². The lowest BCUT2D eigenvalue weighted by molar-refractivity contribution is -0.129. The topological polar surface area (TPSA) is 80.1 Å². The van der Waals surface area contributed by atoms with Gasteiger partial charge in [0.25, 0.3) is 0 Å². The van der Waals surface area contributed by atoms with E-state index >= 15 is 0 Å². The lowest BCUT2D eigenvalue weighted by Crippen LogP contribution is -2.40. The number of hydrogen-bond acceptors (Lipinski definition) is 4. The summed E-state index contributed by atoms with van der Waals surface area (Å²) < 4.78 is 1.92. The highest BCUT2D eigenvalue weighted by Gasteiger charge is 2.47. The Hall–Kier alpha value is -2.70. The van der Waals surface area contributed by atoms with Gasteiger partial charge in [-0.05, 0) is 30.9 Å². The second-order valence-corrected chi connectivity index (χ2v) is 7.14. The van der Waals surface area contributed by atoms with Crippen molar-refractivity contribution in [1.29, 1.82) is 0 Å². The van der Waals surface area contributed by atoms with E-state index in [0.717, 1.165) is 24.1 Å². The first kappa shape index (κ1) is 16.8. The summed E-state index contributed by atoms with van der Waals surface area (Å²) >= 11 is 0. The fourth-order valence-electron chi connectivity index (χ4n) is 3.76. The summed E-state index contributed by atoms with van der Waals surface area (Å²) in [5.41, 5.74) is 2.01. The number of nitrogens with one attached hydrogen (secondary N) is 1. The van der Waals surface area contributed by atoms with E-state index in [4.69, 9.17) is 0 Å². The number of aryl methyl sites for hydroxylation is 2. The molecule has 7 heteroatoms. The van der Waals surface area contributed by atoms with Crippen molar-refractivity contribution in [3.05, 3.63) is 48.3 Å². The summed E-state index contributed by atoms with van der Waals surface area (Å²) in [6, 6.07) is 3.85. The van der Waals surface area contributed by atoms with Crippen LogP contribution in [0.1, 0.15) is 43.0 Å². The third-order valence-corrected chi connectivity index (χ3v) is 5.20. The molecular formula is C19H23N5O2. The number of amides is 2. The van der Waals surface area contributed by atoms with Crippen LogP contribution in [0.4, 0.5) is 0 Å². The fraction of sp³-hybridized carbons (Fsp3) is 0.474. The Morgan fingerprint density at radius 1 is 1.31 bits per heavy atom. The average molecular weight is 353 g/mol. The van der Waals surface area contributed by atoms with Crippen LogP contribution in [0, 0.1) is 0 Å². The molecule has 0 radical (unpaired) electrons. The minimum atomic E-state index is -0.202. The van der Waals surface area contributed by atoms with Crippen LogP contribution in [-0.4, -0.2) is 43.3 Å². The Morgan fingerprint density at radius 2 is 2.15 bits per heavy atom. The van der Waals surface area contributed by atoms with Crippen LogP contribution >= 0.6 is 0 Å². The van der Waals surface area contributed by atoms with Crippen LogP contribution in [0.2, 0.25) is 0 Å². The minimum Gasteiger partial charge on any atom is -0.350 e. The zero-order chi connectivity index (χ0) is 18.1. The molecule has 1 aliphatic heterocycles. The van der Waals surface area contributed by atoms with Crippen LogP contribution in [0.25, 0.3) is 0 Å². The van der Waals surface area contributed by atoms with Crippen LogP contribution in [0.15, 0.2) is 37.1 Å². The molecule has 0 spiro atoms. The third kappa shape index (κ3) is 3.34. The number of hydrogen-bond donors (Lipinski definition) is 1. The molecule has 2 fully saturated rings. The monoisotopic (exact) mass is 353 g/mol. The largest absolute Gasteiger partial charge is 0.350 e. The summed E-state index contributed by atoms with van der Waals surface area (Å²) in [5, 5.41) is 3.09. The first-order valence-electron chi connectivity index (χ1n) is 9.09. The van der Waals surface area contributed by atoms with Crippen LogP contribution in [0.3, 0.4) is 0 Å². The summed E-state index contributed by atoms with van der Waals surface area (Å²) in [4.78, 5) is 35.3. The van der Waals surface area contributed by atoms with Crippen molar-refractivity contribution in [2.45, 2.75) is 50.2 Å². The number of pyridine rings is 1. The van der Waals surface area contributed by atoms with Gasteiger partial charge in [-0.3, -0.25) is 14.6 Å². The quantitative estimate of drug-likeness (QED) is 0.851. The van der Waals surface area contributed by atoms with Crippen molar-refractivity contribution in [1.82, 2.24) is 24.8 Å². The molecule has 0 bridgehead atoms. The van der Waals surface area contributed by atoms with E-state index in [1.807, 2.05) is 28.6 Å². The van der Waals surface area contributed by atoms with Gasteiger partial charge in [0.1, 0.15) is 0 Å². The molecule has 2 amide bonds. The van der Waals surface area contributed by atoms with E-state index in [-0.39, 0.29) is 23.9 Å². The summed E-state index contributed by atoms with van der Waals surface area (Å²) in [5.74, 6) is 0.0915. The normalized spacial score (nSPS) is 22.7. The Balaban J connectivity index is 1.46. The Kier molecular flexibility index (Phi) is 4.44. The second-order valence-electron chi connectivity index (χ2n) is 7.14. The molecule has 2 aromatic rings. The number of likely N-dealkylation sites (tertiary alicyclic amines) is 1. The predicted octanol–water partition coefficient (Wildman–Crippen LogP) is 1.37. The minimum absolute atomic E-state index is 0.0319. The molecule has 2 aliphatic rings. The first-order valence-corrected chi connectivity index (χ1v) is 9.09. The highest BCUT2D eigenvalue weighted by molar-refractivity contribution is 5.83.